The summed E-state index contributed by atoms with van der Waals surface area (Å²) in [5.41, 5.74) is 1.68. The van der Waals surface area contributed by atoms with Crippen molar-refractivity contribution in [2.24, 2.45) is 0 Å². The Bertz CT molecular complexity index is 506. The van der Waals surface area contributed by atoms with Crippen LogP contribution in [0.2, 0.25) is 0 Å². The number of carbonyl (C=O) groups excluding carboxylic acids is 1. The molecular weight excluding hydrogens is 344 g/mol. The predicted molar refractivity (Wildman–Crippen MR) is 76.6 cm³/mol. The molecule has 0 bridgehead atoms. The topological polar surface area (TPSA) is 17.1 Å². The second kappa shape index (κ2) is 5.61. The Kier molecular flexibility index (Phi) is 4.13. The first kappa shape index (κ1) is 12.5. The number of hydrogen-bond donors (Lipinski definition) is 0. The van der Waals surface area contributed by atoms with Crippen LogP contribution in [-0.4, -0.2) is 5.78 Å². The molecule has 17 heavy (non-hydrogen) atoms. The maximum Gasteiger partial charge on any atom is 0.180 e. The predicted octanol–water partition coefficient (Wildman–Crippen LogP) is 4.77. The van der Waals surface area contributed by atoms with E-state index in [2.05, 4.69) is 31.9 Å². The van der Waals surface area contributed by atoms with Crippen molar-refractivity contribution in [2.45, 2.75) is 4.83 Å². The molecule has 1 nitrogen and oxygen atoms in total. The molecule has 0 aromatic heterocycles. The fourth-order valence-corrected chi connectivity index (χ4v) is 2.37. The lowest BCUT2D eigenvalue weighted by Gasteiger charge is -2.09. The molecule has 0 radical (unpaired) electrons. The van der Waals surface area contributed by atoms with Crippen molar-refractivity contribution in [2.75, 3.05) is 0 Å². The molecule has 86 valence electrons. The zero-order valence-corrected chi connectivity index (χ0v) is 12.1. The van der Waals surface area contributed by atoms with Crippen LogP contribution in [0.3, 0.4) is 0 Å². The number of halogens is 2. The van der Waals surface area contributed by atoms with Crippen LogP contribution in [0.15, 0.2) is 59.1 Å². The van der Waals surface area contributed by atoms with Crippen LogP contribution in [0, 0.1) is 0 Å². The highest BCUT2D eigenvalue weighted by Crippen LogP contribution is 2.27. The van der Waals surface area contributed by atoms with Crippen molar-refractivity contribution in [1.82, 2.24) is 0 Å². The fraction of sp³-hybridized carbons (Fsp3) is 0.0714. The van der Waals surface area contributed by atoms with Gasteiger partial charge in [-0.05, 0) is 17.7 Å². The van der Waals surface area contributed by atoms with Crippen LogP contribution >= 0.6 is 31.9 Å². The van der Waals surface area contributed by atoms with E-state index < -0.39 is 0 Å². The van der Waals surface area contributed by atoms with E-state index in [0.717, 1.165) is 10.0 Å². The van der Waals surface area contributed by atoms with Gasteiger partial charge in [0.2, 0.25) is 0 Å². The second-order valence-electron chi connectivity index (χ2n) is 3.64. The van der Waals surface area contributed by atoms with Crippen molar-refractivity contribution in [3.05, 3.63) is 70.2 Å². The van der Waals surface area contributed by atoms with E-state index in [-0.39, 0.29) is 10.6 Å². The highest BCUT2D eigenvalue weighted by molar-refractivity contribution is 9.10. The van der Waals surface area contributed by atoms with Gasteiger partial charge in [0, 0.05) is 10.0 Å². The first-order valence-corrected chi connectivity index (χ1v) is 6.88. The molecule has 0 aliphatic rings. The molecule has 3 heteroatoms. The SMILES string of the molecule is O=C(c1ccc(Br)cc1)[C@H](Br)c1ccccc1. The molecule has 0 aliphatic carbocycles. The van der Waals surface area contributed by atoms with Crippen molar-refractivity contribution in [1.29, 1.82) is 0 Å². The summed E-state index contributed by atoms with van der Waals surface area (Å²) < 4.78 is 0.972. The van der Waals surface area contributed by atoms with Crippen LogP contribution in [0.5, 0.6) is 0 Å². The quantitative estimate of drug-likeness (QED) is 0.573. The Morgan fingerprint density at radius 3 is 2.12 bits per heavy atom. The molecular formula is C14H10Br2O. The summed E-state index contributed by atoms with van der Waals surface area (Å²) in [5, 5.41) is 0. The maximum absolute atomic E-state index is 12.2. The number of alkyl halides is 1. The Hall–Kier alpha value is -0.930. The summed E-state index contributed by atoms with van der Waals surface area (Å²) in [6.45, 7) is 0. The van der Waals surface area contributed by atoms with Crippen LogP contribution in [0.4, 0.5) is 0 Å². The Labute approximate surface area is 117 Å². The van der Waals surface area contributed by atoms with Gasteiger partial charge in [0.05, 0.1) is 0 Å². The molecule has 0 saturated carbocycles. The van der Waals surface area contributed by atoms with Crippen LogP contribution in [0.1, 0.15) is 20.7 Å². The van der Waals surface area contributed by atoms with Crippen molar-refractivity contribution >= 4 is 37.6 Å². The van der Waals surface area contributed by atoms with E-state index in [4.69, 9.17) is 0 Å². The van der Waals surface area contributed by atoms with Gasteiger partial charge in [-0.1, -0.05) is 74.3 Å². The smallest absolute Gasteiger partial charge is 0.180 e. The zero-order chi connectivity index (χ0) is 12.3. The molecule has 0 N–H and O–H groups in total. The van der Waals surface area contributed by atoms with E-state index in [9.17, 15) is 4.79 Å². The number of rotatable bonds is 3. The standard InChI is InChI=1S/C14H10Br2O/c15-12-8-6-11(7-9-12)14(17)13(16)10-4-2-1-3-5-10/h1-9,13H/t13-/m1/s1. The average molecular weight is 354 g/mol. The molecule has 2 aromatic rings. The number of ketones is 1. The first-order valence-electron chi connectivity index (χ1n) is 5.17. The van der Waals surface area contributed by atoms with Crippen molar-refractivity contribution in [3.63, 3.8) is 0 Å². The number of hydrogen-bond acceptors (Lipinski definition) is 1. The van der Waals surface area contributed by atoms with Crippen LogP contribution in [-0.2, 0) is 0 Å². The first-order chi connectivity index (χ1) is 8.18. The summed E-state index contributed by atoms with van der Waals surface area (Å²) in [7, 11) is 0. The molecule has 0 saturated heterocycles. The highest BCUT2D eigenvalue weighted by atomic mass is 79.9. The lowest BCUT2D eigenvalue weighted by atomic mass is 10.0. The van der Waals surface area contributed by atoms with E-state index in [1.165, 1.54) is 0 Å². The number of carbonyl (C=O) groups is 1. The van der Waals surface area contributed by atoms with Gasteiger partial charge in [-0.25, -0.2) is 0 Å². The molecule has 1 atom stereocenters. The molecule has 0 heterocycles. The minimum absolute atomic E-state index is 0.0729. The minimum Gasteiger partial charge on any atom is -0.293 e. The van der Waals surface area contributed by atoms with Gasteiger partial charge in [0.1, 0.15) is 4.83 Å². The normalized spacial score (nSPS) is 12.1. The van der Waals surface area contributed by atoms with E-state index >= 15 is 0 Å². The van der Waals surface area contributed by atoms with Gasteiger partial charge in [-0.3, -0.25) is 4.79 Å². The zero-order valence-electron chi connectivity index (χ0n) is 8.94. The Morgan fingerprint density at radius 1 is 0.941 bits per heavy atom. The molecule has 2 aromatic carbocycles. The van der Waals surface area contributed by atoms with Gasteiger partial charge < -0.3 is 0 Å². The van der Waals surface area contributed by atoms with Crippen molar-refractivity contribution in [3.8, 4) is 0 Å². The Morgan fingerprint density at radius 2 is 1.53 bits per heavy atom. The molecule has 0 fully saturated rings. The lowest BCUT2D eigenvalue weighted by Crippen LogP contribution is -2.06. The maximum atomic E-state index is 12.2. The summed E-state index contributed by atoms with van der Waals surface area (Å²) in [4.78, 5) is 11.9. The van der Waals surface area contributed by atoms with E-state index in [0.29, 0.717) is 5.56 Å². The molecule has 0 unspecified atom stereocenters. The summed E-state index contributed by atoms with van der Waals surface area (Å²) in [5.74, 6) is 0.0729. The molecule has 0 aliphatic heterocycles. The van der Waals surface area contributed by atoms with E-state index in [1.807, 2.05) is 54.6 Å². The van der Waals surface area contributed by atoms with Crippen LogP contribution < -0.4 is 0 Å². The summed E-state index contributed by atoms with van der Waals surface area (Å²) in [6.07, 6.45) is 0. The van der Waals surface area contributed by atoms with Gasteiger partial charge >= 0.3 is 0 Å². The van der Waals surface area contributed by atoms with Gasteiger partial charge in [-0.2, -0.15) is 0 Å². The summed E-state index contributed by atoms with van der Waals surface area (Å²) in [6, 6.07) is 17.1. The highest BCUT2D eigenvalue weighted by Gasteiger charge is 2.18. The molecule has 0 amide bonds. The van der Waals surface area contributed by atoms with Gasteiger partial charge in [0.25, 0.3) is 0 Å². The fourth-order valence-electron chi connectivity index (χ4n) is 1.53. The van der Waals surface area contributed by atoms with Crippen molar-refractivity contribution < 1.29 is 4.79 Å². The van der Waals surface area contributed by atoms with Gasteiger partial charge in [-0.15, -0.1) is 0 Å². The minimum atomic E-state index is -0.287. The van der Waals surface area contributed by atoms with Crippen LogP contribution in [0.25, 0.3) is 0 Å². The second-order valence-corrected chi connectivity index (χ2v) is 5.48. The largest absolute Gasteiger partial charge is 0.293 e. The average Bonchev–Trinajstić information content (AvgIpc) is 2.39. The van der Waals surface area contributed by atoms with E-state index in [1.54, 1.807) is 0 Å². The third-order valence-electron chi connectivity index (χ3n) is 2.45. The lowest BCUT2D eigenvalue weighted by molar-refractivity contribution is 0.0991. The monoisotopic (exact) mass is 352 g/mol. The third kappa shape index (κ3) is 3.05. The molecule has 2 rings (SSSR count). The number of Topliss-reactive ketones (excluding diaryl/α,β-unsaturated/α-hetero) is 1. The van der Waals surface area contributed by atoms with Gasteiger partial charge in [0.15, 0.2) is 5.78 Å². The number of benzene rings is 2. The molecule has 0 spiro atoms. The Balaban J connectivity index is 2.23. The summed E-state index contributed by atoms with van der Waals surface area (Å²) >= 11 is 6.80. The third-order valence-corrected chi connectivity index (χ3v) is 3.92.